The van der Waals surface area contributed by atoms with Gasteiger partial charge in [0.1, 0.15) is 5.76 Å². The molecule has 2 unspecified atom stereocenters. The second-order valence-electron chi connectivity index (χ2n) is 25.7. The van der Waals surface area contributed by atoms with Gasteiger partial charge in [0.15, 0.2) is 0 Å². The van der Waals surface area contributed by atoms with E-state index in [2.05, 4.69) is 233 Å². The first-order valence-corrected chi connectivity index (χ1v) is 27.0. The van der Waals surface area contributed by atoms with Crippen molar-refractivity contribution >= 4 is 46.5 Å². The van der Waals surface area contributed by atoms with Crippen molar-refractivity contribution < 1.29 is 4.42 Å². The molecule has 0 amide bonds. The fourth-order valence-electron chi connectivity index (χ4n) is 13.8. The third-order valence-electron chi connectivity index (χ3n) is 18.1. The quantitative estimate of drug-likeness (QED) is 0.125. The molecule has 0 bridgehead atoms. The third kappa shape index (κ3) is 7.62. The number of fused-ring (bicyclic) bond motifs is 6. The minimum Gasteiger partial charge on any atom is -0.469 e. The summed E-state index contributed by atoms with van der Waals surface area (Å²) in [6.07, 6.45) is 25.2. The Kier molecular flexibility index (Phi) is 11.3. The Morgan fingerprint density at radius 2 is 1.38 bits per heavy atom. The van der Waals surface area contributed by atoms with Gasteiger partial charge in [-0.25, -0.2) is 0 Å². The number of nitrogens with zero attached hydrogens (tertiary/aromatic N) is 2. The van der Waals surface area contributed by atoms with Crippen LogP contribution in [-0.2, 0) is 16.2 Å². The van der Waals surface area contributed by atoms with Gasteiger partial charge in [-0.3, -0.25) is 0 Å². The van der Waals surface area contributed by atoms with Gasteiger partial charge in [-0.15, -0.1) is 6.42 Å². The molecule has 1 aromatic heterocycles. The predicted molar refractivity (Wildman–Crippen MR) is 307 cm³/mol. The molecule has 0 radical (unpaired) electrons. The van der Waals surface area contributed by atoms with Gasteiger partial charge >= 0.3 is 0 Å². The van der Waals surface area contributed by atoms with Crippen molar-refractivity contribution in [2.75, 3.05) is 9.80 Å². The Morgan fingerprint density at radius 1 is 0.750 bits per heavy atom. The highest BCUT2D eigenvalue weighted by molar-refractivity contribution is 6.92. The summed E-state index contributed by atoms with van der Waals surface area (Å²) in [5.41, 5.74) is 23.2. The van der Waals surface area contributed by atoms with Crippen molar-refractivity contribution in [3.63, 3.8) is 0 Å². The van der Waals surface area contributed by atoms with Gasteiger partial charge < -0.3 is 14.2 Å². The van der Waals surface area contributed by atoms with Gasteiger partial charge in [0, 0.05) is 34.0 Å². The first-order chi connectivity index (χ1) is 34.1. The summed E-state index contributed by atoms with van der Waals surface area (Å²) >= 11 is 0. The predicted octanol–water partition coefficient (Wildman–Crippen LogP) is 16.2. The average molecular weight is 947 g/mol. The Balaban J connectivity index is 1.29. The molecular weight excluding hydrogens is 872 g/mol. The van der Waals surface area contributed by atoms with Crippen molar-refractivity contribution in [2.24, 2.45) is 16.7 Å². The molecule has 72 heavy (non-hydrogen) atoms. The minimum absolute atomic E-state index is 0.000509. The van der Waals surface area contributed by atoms with E-state index in [4.69, 9.17) is 10.8 Å². The van der Waals surface area contributed by atoms with Crippen LogP contribution in [0.2, 0.25) is 0 Å². The summed E-state index contributed by atoms with van der Waals surface area (Å²) in [6, 6.07) is 36.5. The first kappa shape index (κ1) is 48.1. The number of allylic oxidation sites excluding steroid dienone is 7. The van der Waals surface area contributed by atoms with E-state index in [1.165, 1.54) is 63.1 Å². The topological polar surface area (TPSA) is 19.6 Å². The number of furan rings is 1. The van der Waals surface area contributed by atoms with Gasteiger partial charge in [0.05, 0.1) is 17.3 Å². The van der Waals surface area contributed by atoms with Crippen molar-refractivity contribution in [3.05, 3.63) is 194 Å². The number of para-hydroxylation sites is 2. The van der Waals surface area contributed by atoms with E-state index in [0.717, 1.165) is 70.7 Å². The highest BCUT2D eigenvalue weighted by atomic mass is 16.3. The molecule has 5 aromatic rings. The van der Waals surface area contributed by atoms with Crippen molar-refractivity contribution in [2.45, 2.75) is 151 Å². The zero-order valence-electron chi connectivity index (χ0n) is 45.5. The van der Waals surface area contributed by atoms with Crippen LogP contribution in [0.25, 0.3) is 11.6 Å². The fraction of sp³-hybridized carbons (Fsp3) is 0.382. The number of rotatable bonds is 6. The standard InChI is InChI=1S/C68H75BN2O/c1-15-23-58-50(16-2)59-51(44-28-30-46(31-29-44)64(4,5)6)40-45-39-49(70(47-24-19-17-20-25-47)48-26-21-18-22-27-48)41-57-61(45)69(63(59)72-58)55-33-32-52-60(68(13,14)37-36-65(52,7)8)62(55)71(57)56-42-54-53(38-43(56)3)66(9,10)34-35-67(54,11)12/h2,15,17-33,38,40-41,45,56H,34-37,39,42H2,1,3-14H3/b23-15-. The lowest BCUT2D eigenvalue weighted by molar-refractivity contribution is 0.254. The maximum Gasteiger partial charge on any atom is 0.289 e. The van der Waals surface area contributed by atoms with Crippen LogP contribution in [0.3, 0.4) is 0 Å². The molecule has 3 heterocycles. The maximum absolute atomic E-state index is 7.47. The van der Waals surface area contributed by atoms with Gasteiger partial charge in [-0.05, 0) is 161 Å². The van der Waals surface area contributed by atoms with E-state index >= 15 is 0 Å². The number of hydrogen-bond donors (Lipinski definition) is 0. The Bertz CT molecular complexity index is 3210. The molecule has 3 nitrogen and oxygen atoms in total. The zero-order chi connectivity index (χ0) is 50.9. The van der Waals surface area contributed by atoms with Gasteiger partial charge in [0.2, 0.25) is 0 Å². The molecule has 6 aliphatic rings. The molecule has 4 aromatic carbocycles. The largest absolute Gasteiger partial charge is 0.469 e. The molecule has 11 rings (SSSR count). The molecule has 2 atom stereocenters. The summed E-state index contributed by atoms with van der Waals surface area (Å²) in [6.45, 7) is 31.2. The SMILES string of the molecule is C#Cc1c(/C=C\C)oc2c1C(c1ccc(C(C)(C)C)cc1)=CC1CC(N(c3ccccc3)c3ccccc3)=CC3=C1B2c1ccc2c(c1N3C1CC3=C(C=C1C)C(C)(C)CCC3(C)C)C(C)(C)CCC2(C)C. The fourth-order valence-corrected chi connectivity index (χ4v) is 13.8. The van der Waals surface area contributed by atoms with Gasteiger partial charge in [-0.1, -0.05) is 190 Å². The second kappa shape index (κ2) is 16.9. The number of terminal acetylenes is 1. The lowest BCUT2D eigenvalue weighted by atomic mass is 9.33. The molecular formula is C68H75BN2O. The molecule has 0 saturated heterocycles. The molecule has 366 valence electrons. The van der Waals surface area contributed by atoms with Crippen LogP contribution in [0.4, 0.5) is 17.1 Å². The Hall–Kier alpha value is -6.18. The summed E-state index contributed by atoms with van der Waals surface area (Å²) in [4.78, 5) is 5.44. The van der Waals surface area contributed by atoms with E-state index in [1.807, 2.05) is 0 Å². The van der Waals surface area contributed by atoms with Gasteiger partial charge in [-0.2, -0.15) is 0 Å². The van der Waals surface area contributed by atoms with Crippen LogP contribution >= 0.6 is 0 Å². The van der Waals surface area contributed by atoms with E-state index in [9.17, 15) is 0 Å². The molecule has 4 aliphatic carbocycles. The first-order valence-electron chi connectivity index (χ1n) is 27.0. The monoisotopic (exact) mass is 947 g/mol. The normalized spacial score (nSPS) is 22.4. The Morgan fingerprint density at radius 3 is 2.00 bits per heavy atom. The van der Waals surface area contributed by atoms with E-state index in [0.29, 0.717) is 0 Å². The van der Waals surface area contributed by atoms with Gasteiger partial charge in [0.25, 0.3) is 6.71 Å². The van der Waals surface area contributed by atoms with Crippen LogP contribution in [0, 0.1) is 29.1 Å². The van der Waals surface area contributed by atoms with Crippen LogP contribution in [0.15, 0.2) is 159 Å². The maximum atomic E-state index is 7.47. The molecule has 0 N–H and O–H groups in total. The highest BCUT2D eigenvalue weighted by Gasteiger charge is 2.53. The van der Waals surface area contributed by atoms with Crippen LogP contribution in [0.1, 0.15) is 168 Å². The molecule has 4 heteroatoms. The number of benzene rings is 4. The lowest BCUT2D eigenvalue weighted by Gasteiger charge is -2.53. The molecule has 0 fully saturated rings. The number of hydrogen-bond acceptors (Lipinski definition) is 3. The average Bonchev–Trinajstić information content (AvgIpc) is 3.63. The molecule has 0 spiro atoms. The summed E-state index contributed by atoms with van der Waals surface area (Å²) in [5.74, 6) is 3.99. The molecule has 2 aliphatic heterocycles. The minimum atomic E-state index is -0.182. The van der Waals surface area contributed by atoms with Crippen molar-refractivity contribution in [1.29, 1.82) is 0 Å². The second-order valence-corrected chi connectivity index (χ2v) is 25.7. The summed E-state index contributed by atoms with van der Waals surface area (Å²) in [7, 11) is 0. The Labute approximate surface area is 432 Å². The summed E-state index contributed by atoms with van der Waals surface area (Å²) in [5, 5.41) is 0. The van der Waals surface area contributed by atoms with Crippen LogP contribution in [0.5, 0.6) is 0 Å². The summed E-state index contributed by atoms with van der Waals surface area (Å²) < 4.78 is 7.47. The van der Waals surface area contributed by atoms with Crippen LogP contribution in [-0.4, -0.2) is 12.8 Å². The van der Waals surface area contributed by atoms with Crippen LogP contribution < -0.4 is 20.9 Å². The number of anilines is 3. The van der Waals surface area contributed by atoms with E-state index in [1.54, 1.807) is 11.1 Å². The van der Waals surface area contributed by atoms with Crippen molar-refractivity contribution in [1.82, 2.24) is 0 Å². The van der Waals surface area contributed by atoms with Crippen molar-refractivity contribution in [3.8, 4) is 12.3 Å². The van der Waals surface area contributed by atoms with E-state index in [-0.39, 0.29) is 45.7 Å². The van der Waals surface area contributed by atoms with E-state index < -0.39 is 0 Å². The highest BCUT2D eigenvalue weighted by Crippen LogP contribution is 2.58. The smallest absolute Gasteiger partial charge is 0.289 e. The molecule has 0 saturated carbocycles. The lowest BCUT2D eigenvalue weighted by Crippen LogP contribution is -2.57. The third-order valence-corrected chi connectivity index (χ3v) is 18.1. The zero-order valence-corrected chi connectivity index (χ0v) is 45.5.